The fraction of sp³-hybridized carbons (Fsp3) is 0.800. The van der Waals surface area contributed by atoms with Crippen LogP contribution in [0.2, 0.25) is 0 Å². The van der Waals surface area contributed by atoms with Gasteiger partial charge < -0.3 is 10.6 Å². The van der Waals surface area contributed by atoms with Crippen LogP contribution in [0.15, 0.2) is 0 Å². The molecule has 1 saturated heterocycles. The Morgan fingerprint density at radius 2 is 2.14 bits per heavy atom. The SMILES string of the molecule is CCC1CCN(C(=O)CN)C1C(C)=O. The van der Waals surface area contributed by atoms with Crippen molar-refractivity contribution in [3.8, 4) is 0 Å². The molecule has 0 radical (unpaired) electrons. The lowest BCUT2D eigenvalue weighted by molar-refractivity contribution is -0.136. The van der Waals surface area contributed by atoms with Crippen molar-refractivity contribution in [1.82, 2.24) is 4.90 Å². The smallest absolute Gasteiger partial charge is 0.236 e. The molecule has 1 amide bonds. The summed E-state index contributed by atoms with van der Waals surface area (Å²) in [5.74, 6) is 0.292. The zero-order valence-electron chi connectivity index (χ0n) is 8.82. The average molecular weight is 198 g/mol. The van der Waals surface area contributed by atoms with E-state index in [0.29, 0.717) is 12.5 Å². The predicted octanol–water partition coefficient (Wildman–Crippen LogP) is 0.161. The van der Waals surface area contributed by atoms with Crippen LogP contribution >= 0.6 is 0 Å². The van der Waals surface area contributed by atoms with Gasteiger partial charge in [-0.2, -0.15) is 0 Å². The van der Waals surface area contributed by atoms with Gasteiger partial charge in [0.2, 0.25) is 5.91 Å². The molecule has 1 aliphatic rings. The normalized spacial score (nSPS) is 26.6. The quantitative estimate of drug-likeness (QED) is 0.702. The summed E-state index contributed by atoms with van der Waals surface area (Å²) in [6, 6.07) is -0.226. The molecule has 2 N–H and O–H groups in total. The van der Waals surface area contributed by atoms with Gasteiger partial charge in [-0.3, -0.25) is 9.59 Å². The number of likely N-dealkylation sites (tertiary alicyclic amines) is 1. The second-order valence-corrected chi connectivity index (χ2v) is 3.80. The number of Topliss-reactive ketones (excluding diaryl/α,β-unsaturated/α-hetero) is 1. The summed E-state index contributed by atoms with van der Waals surface area (Å²) >= 11 is 0. The van der Waals surface area contributed by atoms with Crippen molar-refractivity contribution < 1.29 is 9.59 Å². The molecule has 1 rings (SSSR count). The van der Waals surface area contributed by atoms with Crippen LogP contribution in [0.5, 0.6) is 0 Å². The molecular formula is C10H18N2O2. The van der Waals surface area contributed by atoms with Crippen molar-refractivity contribution in [2.45, 2.75) is 32.7 Å². The summed E-state index contributed by atoms with van der Waals surface area (Å²) in [5.41, 5.74) is 5.30. The number of hydrogen-bond acceptors (Lipinski definition) is 3. The number of nitrogens with two attached hydrogens (primary N) is 1. The van der Waals surface area contributed by atoms with Crippen LogP contribution in [-0.2, 0) is 9.59 Å². The molecule has 0 aromatic carbocycles. The predicted molar refractivity (Wildman–Crippen MR) is 53.6 cm³/mol. The van der Waals surface area contributed by atoms with E-state index in [0.717, 1.165) is 12.8 Å². The van der Waals surface area contributed by atoms with Crippen molar-refractivity contribution in [3.63, 3.8) is 0 Å². The molecule has 2 atom stereocenters. The summed E-state index contributed by atoms with van der Waals surface area (Å²) in [6.07, 6.45) is 1.87. The standard InChI is InChI=1S/C10H18N2O2/c1-3-8-4-5-12(9(14)6-11)10(8)7(2)13/h8,10H,3-6,11H2,1-2H3. The molecule has 0 aromatic rings. The molecular weight excluding hydrogens is 180 g/mol. The molecule has 0 aliphatic carbocycles. The van der Waals surface area contributed by atoms with E-state index >= 15 is 0 Å². The fourth-order valence-electron chi connectivity index (χ4n) is 2.23. The molecule has 2 unspecified atom stereocenters. The third-order valence-electron chi connectivity index (χ3n) is 2.96. The molecule has 14 heavy (non-hydrogen) atoms. The zero-order valence-corrected chi connectivity index (χ0v) is 8.82. The van der Waals surface area contributed by atoms with Gasteiger partial charge in [0, 0.05) is 6.54 Å². The molecule has 1 fully saturated rings. The Hall–Kier alpha value is -0.900. The van der Waals surface area contributed by atoms with E-state index in [1.165, 1.54) is 0 Å². The van der Waals surface area contributed by atoms with Gasteiger partial charge in [-0.25, -0.2) is 0 Å². The van der Waals surface area contributed by atoms with Crippen LogP contribution in [-0.4, -0.2) is 35.7 Å². The number of hydrogen-bond donors (Lipinski definition) is 1. The van der Waals surface area contributed by atoms with Crippen molar-refractivity contribution in [3.05, 3.63) is 0 Å². The molecule has 4 heteroatoms. The third-order valence-corrected chi connectivity index (χ3v) is 2.96. The minimum absolute atomic E-state index is 0.000213. The zero-order chi connectivity index (χ0) is 10.7. The van der Waals surface area contributed by atoms with Gasteiger partial charge in [-0.1, -0.05) is 13.3 Å². The molecule has 0 aromatic heterocycles. The molecule has 0 saturated carbocycles. The second-order valence-electron chi connectivity index (χ2n) is 3.80. The number of amides is 1. The summed E-state index contributed by atoms with van der Waals surface area (Å²) in [4.78, 5) is 24.5. The van der Waals surface area contributed by atoms with Crippen molar-refractivity contribution in [2.75, 3.05) is 13.1 Å². The van der Waals surface area contributed by atoms with E-state index in [1.54, 1.807) is 11.8 Å². The number of nitrogens with zero attached hydrogens (tertiary/aromatic N) is 1. The van der Waals surface area contributed by atoms with Gasteiger partial charge in [0.25, 0.3) is 0 Å². The Balaban J connectivity index is 2.78. The lowest BCUT2D eigenvalue weighted by Crippen LogP contribution is -2.44. The first-order chi connectivity index (χ1) is 6.61. The third kappa shape index (κ3) is 1.95. The molecule has 80 valence electrons. The lowest BCUT2D eigenvalue weighted by atomic mass is 9.95. The lowest BCUT2D eigenvalue weighted by Gasteiger charge is -2.25. The summed E-state index contributed by atoms with van der Waals surface area (Å²) in [7, 11) is 0. The number of carbonyl (C=O) groups is 2. The van der Waals surface area contributed by atoms with E-state index in [-0.39, 0.29) is 24.3 Å². The van der Waals surface area contributed by atoms with Gasteiger partial charge >= 0.3 is 0 Å². The molecule has 1 aliphatic heterocycles. The minimum Gasteiger partial charge on any atom is -0.331 e. The van der Waals surface area contributed by atoms with E-state index in [4.69, 9.17) is 5.73 Å². The minimum atomic E-state index is -0.226. The first kappa shape index (κ1) is 11.2. The van der Waals surface area contributed by atoms with Crippen molar-refractivity contribution in [1.29, 1.82) is 0 Å². The van der Waals surface area contributed by atoms with Crippen molar-refractivity contribution >= 4 is 11.7 Å². The maximum atomic E-state index is 11.4. The molecule has 0 bridgehead atoms. The van der Waals surface area contributed by atoms with Crippen LogP contribution in [0.1, 0.15) is 26.7 Å². The highest BCUT2D eigenvalue weighted by Crippen LogP contribution is 2.27. The number of rotatable bonds is 3. The summed E-state index contributed by atoms with van der Waals surface area (Å²) in [5, 5.41) is 0. The van der Waals surface area contributed by atoms with Crippen LogP contribution < -0.4 is 5.73 Å². The Bertz CT molecular complexity index is 240. The Morgan fingerprint density at radius 3 is 2.57 bits per heavy atom. The van der Waals surface area contributed by atoms with Crippen LogP contribution in [0.4, 0.5) is 0 Å². The van der Waals surface area contributed by atoms with Gasteiger partial charge in [0.05, 0.1) is 12.6 Å². The molecule has 1 heterocycles. The Morgan fingerprint density at radius 1 is 1.50 bits per heavy atom. The topological polar surface area (TPSA) is 63.4 Å². The highest BCUT2D eigenvalue weighted by atomic mass is 16.2. The van der Waals surface area contributed by atoms with Crippen molar-refractivity contribution in [2.24, 2.45) is 11.7 Å². The maximum absolute atomic E-state index is 11.4. The Kier molecular flexibility index (Phi) is 3.63. The van der Waals surface area contributed by atoms with E-state index in [9.17, 15) is 9.59 Å². The fourth-order valence-corrected chi connectivity index (χ4v) is 2.23. The first-order valence-electron chi connectivity index (χ1n) is 5.11. The van der Waals surface area contributed by atoms with Crippen LogP contribution in [0, 0.1) is 5.92 Å². The van der Waals surface area contributed by atoms with E-state index in [1.807, 2.05) is 0 Å². The van der Waals surface area contributed by atoms with Gasteiger partial charge in [-0.15, -0.1) is 0 Å². The van der Waals surface area contributed by atoms with Gasteiger partial charge in [0.15, 0.2) is 5.78 Å². The second kappa shape index (κ2) is 4.55. The van der Waals surface area contributed by atoms with E-state index in [2.05, 4.69) is 6.92 Å². The van der Waals surface area contributed by atoms with Gasteiger partial charge in [-0.05, 0) is 19.3 Å². The van der Waals surface area contributed by atoms with Crippen LogP contribution in [0.25, 0.3) is 0 Å². The van der Waals surface area contributed by atoms with E-state index < -0.39 is 0 Å². The number of carbonyl (C=O) groups excluding carboxylic acids is 2. The average Bonchev–Trinajstić information content (AvgIpc) is 2.59. The highest BCUT2D eigenvalue weighted by Gasteiger charge is 2.38. The first-order valence-corrected chi connectivity index (χ1v) is 5.11. The maximum Gasteiger partial charge on any atom is 0.236 e. The van der Waals surface area contributed by atoms with Gasteiger partial charge in [0.1, 0.15) is 0 Å². The number of ketones is 1. The monoisotopic (exact) mass is 198 g/mol. The Labute approximate surface area is 84.4 Å². The van der Waals surface area contributed by atoms with Crippen LogP contribution in [0.3, 0.4) is 0 Å². The highest BCUT2D eigenvalue weighted by molar-refractivity contribution is 5.89. The molecule has 0 spiro atoms. The summed E-state index contributed by atoms with van der Waals surface area (Å²) < 4.78 is 0. The largest absolute Gasteiger partial charge is 0.331 e. The summed E-state index contributed by atoms with van der Waals surface area (Å²) in [6.45, 7) is 4.28. The molecule has 4 nitrogen and oxygen atoms in total.